The molecule has 0 fully saturated rings. The number of nitrogens with one attached hydrogen (secondary N) is 2. The van der Waals surface area contributed by atoms with E-state index < -0.39 is 27.7 Å². The van der Waals surface area contributed by atoms with Gasteiger partial charge in [-0.15, -0.1) is 0 Å². The number of aryl methyl sites for hydroxylation is 1. The fourth-order valence-electron chi connectivity index (χ4n) is 2.11. The summed E-state index contributed by atoms with van der Waals surface area (Å²) >= 11 is 5.89. The molecule has 6 nitrogen and oxygen atoms in total. The Hall–Kier alpha value is -2.30. The van der Waals surface area contributed by atoms with Gasteiger partial charge in [-0.3, -0.25) is 9.52 Å². The van der Waals surface area contributed by atoms with E-state index in [0.29, 0.717) is 6.92 Å². The van der Waals surface area contributed by atoms with Gasteiger partial charge in [0.15, 0.2) is 0 Å². The van der Waals surface area contributed by atoms with Gasteiger partial charge in [-0.1, -0.05) is 23.7 Å². The molecule has 0 saturated heterocycles. The normalized spacial score (nSPS) is 14.2. The highest BCUT2D eigenvalue weighted by Gasteiger charge is 2.55. The van der Waals surface area contributed by atoms with E-state index >= 15 is 0 Å². The predicted octanol–water partition coefficient (Wildman–Crippen LogP) is 3.70. The second-order valence-corrected chi connectivity index (χ2v) is 8.15. The average molecular weight is 437 g/mol. The largest absolute Gasteiger partial charge is 0.426 e. The molecular formula is C17H16ClF3N2O4S. The third-order valence-corrected chi connectivity index (χ3v) is 5.73. The van der Waals surface area contributed by atoms with Gasteiger partial charge >= 0.3 is 6.18 Å². The Balaban J connectivity index is 2.23. The van der Waals surface area contributed by atoms with Gasteiger partial charge in [0.05, 0.1) is 5.02 Å². The maximum atomic E-state index is 12.7. The van der Waals surface area contributed by atoms with E-state index in [1.807, 2.05) is 5.32 Å². The Bertz CT molecular complexity index is 1010. The average Bonchev–Trinajstić information content (AvgIpc) is 2.56. The molecule has 28 heavy (non-hydrogen) atoms. The minimum atomic E-state index is -5.16. The molecule has 1 atom stereocenters. The Morgan fingerprint density at radius 1 is 1.14 bits per heavy atom. The van der Waals surface area contributed by atoms with Crippen LogP contribution in [-0.4, -0.2) is 31.2 Å². The van der Waals surface area contributed by atoms with Crippen molar-refractivity contribution in [1.82, 2.24) is 0 Å². The summed E-state index contributed by atoms with van der Waals surface area (Å²) in [5.74, 6) is -1.66. The third kappa shape index (κ3) is 4.57. The van der Waals surface area contributed by atoms with Crippen molar-refractivity contribution in [2.75, 3.05) is 10.0 Å². The number of benzene rings is 2. The van der Waals surface area contributed by atoms with Crippen molar-refractivity contribution in [2.45, 2.75) is 30.5 Å². The van der Waals surface area contributed by atoms with Gasteiger partial charge in [0.25, 0.3) is 15.9 Å². The van der Waals surface area contributed by atoms with Crippen molar-refractivity contribution in [3.05, 3.63) is 53.1 Å². The number of aliphatic hydroxyl groups is 1. The second kappa shape index (κ2) is 7.61. The molecule has 0 spiro atoms. The first-order valence-electron chi connectivity index (χ1n) is 7.74. The summed E-state index contributed by atoms with van der Waals surface area (Å²) in [7, 11) is -4.00. The lowest BCUT2D eigenvalue weighted by Gasteiger charge is -2.25. The number of anilines is 2. The first-order valence-corrected chi connectivity index (χ1v) is 9.60. The molecule has 1 amide bonds. The van der Waals surface area contributed by atoms with Crippen LogP contribution in [0.5, 0.6) is 0 Å². The van der Waals surface area contributed by atoms with Gasteiger partial charge in [0.2, 0.25) is 5.60 Å². The SMILES string of the molecule is Cc1cc(NS(=O)(=O)c2ccccc2Cl)ccc1NC(=O)[C@@](C)(O)C(F)(F)F. The van der Waals surface area contributed by atoms with Gasteiger partial charge in [-0.25, -0.2) is 8.42 Å². The molecule has 0 aliphatic carbocycles. The molecule has 0 bridgehead atoms. The number of amides is 1. The van der Waals surface area contributed by atoms with E-state index in [1.165, 1.54) is 43.3 Å². The van der Waals surface area contributed by atoms with Crippen molar-refractivity contribution in [1.29, 1.82) is 0 Å². The highest BCUT2D eigenvalue weighted by Crippen LogP contribution is 2.32. The van der Waals surface area contributed by atoms with Crippen LogP contribution in [0.1, 0.15) is 12.5 Å². The van der Waals surface area contributed by atoms with Crippen LogP contribution in [-0.2, 0) is 14.8 Å². The zero-order valence-electron chi connectivity index (χ0n) is 14.6. The molecule has 0 aromatic heterocycles. The molecule has 0 radical (unpaired) electrons. The summed E-state index contributed by atoms with van der Waals surface area (Å²) < 4.78 is 65.3. The van der Waals surface area contributed by atoms with Crippen molar-refractivity contribution in [2.24, 2.45) is 0 Å². The number of alkyl halides is 3. The fraction of sp³-hybridized carbons (Fsp3) is 0.235. The van der Waals surface area contributed by atoms with Crippen LogP contribution < -0.4 is 10.0 Å². The molecule has 2 aromatic rings. The van der Waals surface area contributed by atoms with Gasteiger partial charge in [0.1, 0.15) is 4.90 Å². The topological polar surface area (TPSA) is 95.5 Å². The monoisotopic (exact) mass is 436 g/mol. The van der Waals surface area contributed by atoms with Crippen LogP contribution in [0, 0.1) is 6.92 Å². The first-order chi connectivity index (χ1) is 12.8. The number of carbonyl (C=O) groups is 1. The summed E-state index contributed by atoms with van der Waals surface area (Å²) in [6.45, 7) is 1.79. The third-order valence-electron chi connectivity index (χ3n) is 3.85. The predicted molar refractivity (Wildman–Crippen MR) is 98.7 cm³/mol. The van der Waals surface area contributed by atoms with Crippen molar-refractivity contribution >= 4 is 38.9 Å². The highest BCUT2D eigenvalue weighted by molar-refractivity contribution is 7.92. The molecule has 0 saturated carbocycles. The number of halogens is 4. The Morgan fingerprint density at radius 2 is 1.75 bits per heavy atom. The Labute approximate surface area is 164 Å². The number of sulfonamides is 1. The molecular weight excluding hydrogens is 421 g/mol. The van der Waals surface area contributed by atoms with Gasteiger partial charge in [0, 0.05) is 11.4 Å². The summed E-state index contributed by atoms with van der Waals surface area (Å²) in [5.41, 5.74) is -3.22. The molecule has 0 heterocycles. The lowest BCUT2D eigenvalue weighted by atomic mass is 10.1. The van der Waals surface area contributed by atoms with E-state index in [-0.39, 0.29) is 26.9 Å². The lowest BCUT2D eigenvalue weighted by Crippen LogP contribution is -2.52. The molecule has 0 aliphatic heterocycles. The molecule has 11 heteroatoms. The zero-order valence-corrected chi connectivity index (χ0v) is 16.2. The molecule has 2 aromatic carbocycles. The first kappa shape index (κ1) is 22.0. The van der Waals surface area contributed by atoms with E-state index in [0.717, 1.165) is 0 Å². The van der Waals surface area contributed by atoms with Crippen molar-refractivity contribution in [3.8, 4) is 0 Å². The van der Waals surface area contributed by atoms with E-state index in [4.69, 9.17) is 11.6 Å². The molecule has 0 unspecified atom stereocenters. The molecule has 152 valence electrons. The number of hydrogen-bond donors (Lipinski definition) is 3. The van der Waals surface area contributed by atoms with Gasteiger partial charge in [-0.2, -0.15) is 13.2 Å². The minimum absolute atomic E-state index is 0.0183. The second-order valence-electron chi connectivity index (χ2n) is 6.09. The maximum absolute atomic E-state index is 12.7. The molecule has 3 N–H and O–H groups in total. The van der Waals surface area contributed by atoms with Gasteiger partial charge < -0.3 is 10.4 Å². The van der Waals surface area contributed by atoms with E-state index in [1.54, 1.807) is 6.07 Å². The van der Waals surface area contributed by atoms with E-state index in [9.17, 15) is 31.5 Å². The van der Waals surface area contributed by atoms with Crippen LogP contribution in [0.15, 0.2) is 47.4 Å². The van der Waals surface area contributed by atoms with E-state index in [2.05, 4.69) is 4.72 Å². The summed E-state index contributed by atoms with van der Waals surface area (Å²) in [6, 6.07) is 9.56. The number of carbonyl (C=O) groups excluding carboxylic acids is 1. The Kier molecular flexibility index (Phi) is 5.98. The minimum Gasteiger partial charge on any atom is -0.373 e. The van der Waals surface area contributed by atoms with Crippen LogP contribution in [0.3, 0.4) is 0 Å². The zero-order chi connectivity index (χ0) is 21.3. The summed E-state index contributed by atoms with van der Waals surface area (Å²) in [4.78, 5) is 11.6. The number of hydrogen-bond acceptors (Lipinski definition) is 4. The standard InChI is InChI=1S/C17H16ClF3N2O4S/c1-10-9-11(23-28(26,27)14-6-4-3-5-12(14)18)7-8-13(10)22-15(24)16(2,25)17(19,20)21/h3-9,23,25H,1-2H3,(H,22,24)/t16-/m1/s1. The van der Waals surface area contributed by atoms with Crippen molar-refractivity contribution < 1.29 is 31.5 Å². The number of rotatable bonds is 5. The van der Waals surface area contributed by atoms with Crippen molar-refractivity contribution in [3.63, 3.8) is 0 Å². The quantitative estimate of drug-likeness (QED) is 0.666. The van der Waals surface area contributed by atoms with Crippen LogP contribution >= 0.6 is 11.6 Å². The highest BCUT2D eigenvalue weighted by atomic mass is 35.5. The summed E-state index contributed by atoms with van der Waals surface area (Å²) in [5, 5.41) is 11.4. The van der Waals surface area contributed by atoms with Crippen LogP contribution in [0.25, 0.3) is 0 Å². The van der Waals surface area contributed by atoms with Crippen LogP contribution in [0.4, 0.5) is 24.5 Å². The smallest absolute Gasteiger partial charge is 0.373 e. The maximum Gasteiger partial charge on any atom is 0.426 e. The summed E-state index contributed by atoms with van der Waals surface area (Å²) in [6.07, 6.45) is -5.16. The van der Waals surface area contributed by atoms with Gasteiger partial charge in [-0.05, 0) is 49.7 Å². The Morgan fingerprint density at radius 3 is 2.29 bits per heavy atom. The van der Waals surface area contributed by atoms with Crippen LogP contribution in [0.2, 0.25) is 5.02 Å². The lowest BCUT2D eigenvalue weighted by molar-refractivity contribution is -0.242. The molecule has 2 rings (SSSR count). The fourth-order valence-corrected chi connectivity index (χ4v) is 3.68. The molecule has 0 aliphatic rings.